The van der Waals surface area contributed by atoms with Crippen LogP contribution in [0.3, 0.4) is 0 Å². The average molecular weight is 533 g/mol. The summed E-state index contributed by atoms with van der Waals surface area (Å²) < 4.78 is 46.6. The van der Waals surface area contributed by atoms with Crippen LogP contribution in [-0.4, -0.2) is 37.3 Å². The van der Waals surface area contributed by atoms with Crippen molar-refractivity contribution in [3.63, 3.8) is 0 Å². The van der Waals surface area contributed by atoms with E-state index in [2.05, 4.69) is 4.72 Å². The second-order valence-electron chi connectivity index (χ2n) is 8.85. The third-order valence-electron chi connectivity index (χ3n) is 5.55. The number of carbonyl (C=O) groups excluding carboxylic acids is 1. The molecule has 8 nitrogen and oxygen atoms in total. The number of carboxylic acids is 1. The second-order valence-corrected chi connectivity index (χ2v) is 11.0. The summed E-state index contributed by atoms with van der Waals surface area (Å²) in [6.07, 6.45) is 1.09. The van der Waals surface area contributed by atoms with Gasteiger partial charge in [-0.2, -0.15) is 0 Å². The first kappa shape index (κ1) is 25.5. The highest BCUT2D eigenvalue weighted by Gasteiger charge is 2.43. The molecule has 1 aliphatic heterocycles. The second kappa shape index (κ2) is 9.11. The van der Waals surface area contributed by atoms with Gasteiger partial charge in [-0.3, -0.25) is 14.4 Å². The number of nitrogens with zero attached hydrogens (tertiary/aromatic N) is 1. The maximum atomic E-state index is 15.3. The molecule has 3 aromatic rings. The molecule has 0 saturated carbocycles. The Bertz CT molecular complexity index is 1510. The number of rotatable bonds is 6. The zero-order valence-electron chi connectivity index (χ0n) is 19.5. The number of ether oxygens (including phenoxy) is 1. The van der Waals surface area contributed by atoms with Gasteiger partial charge in [-0.25, -0.2) is 17.6 Å². The molecule has 0 bridgehead atoms. The molecule has 11 heteroatoms. The summed E-state index contributed by atoms with van der Waals surface area (Å²) in [5.74, 6) is -2.55. The van der Waals surface area contributed by atoms with Crippen molar-refractivity contribution in [2.75, 3.05) is 15.9 Å². The maximum absolute atomic E-state index is 15.3. The molecule has 0 radical (unpaired) electrons. The first-order valence-corrected chi connectivity index (χ1v) is 13.0. The minimum atomic E-state index is -3.68. The van der Waals surface area contributed by atoms with E-state index < -0.39 is 33.3 Å². The molecular weight excluding hydrogens is 511 g/mol. The Morgan fingerprint density at radius 1 is 1.14 bits per heavy atom. The zero-order valence-corrected chi connectivity index (χ0v) is 21.1. The van der Waals surface area contributed by atoms with E-state index in [9.17, 15) is 23.1 Å². The number of carbonyl (C=O) groups is 2. The summed E-state index contributed by atoms with van der Waals surface area (Å²) in [6.45, 7) is 3.03. The molecule has 1 heterocycles. The molecule has 0 aliphatic carbocycles. The Morgan fingerprint density at radius 3 is 2.50 bits per heavy atom. The van der Waals surface area contributed by atoms with E-state index >= 15 is 4.39 Å². The Labute approximate surface area is 212 Å². The van der Waals surface area contributed by atoms with Crippen LogP contribution in [0.15, 0.2) is 54.6 Å². The minimum absolute atomic E-state index is 0.0292. The summed E-state index contributed by atoms with van der Waals surface area (Å²) in [5.41, 5.74) is -0.201. The molecule has 2 N–H and O–H groups in total. The number of anilines is 3. The third kappa shape index (κ3) is 5.00. The van der Waals surface area contributed by atoms with Crippen molar-refractivity contribution >= 4 is 50.6 Å². The van der Waals surface area contributed by atoms with Crippen molar-refractivity contribution in [3.8, 4) is 5.75 Å². The fourth-order valence-corrected chi connectivity index (χ4v) is 4.73. The predicted octanol–water partition coefficient (Wildman–Crippen LogP) is 4.98. The predicted molar refractivity (Wildman–Crippen MR) is 134 cm³/mol. The van der Waals surface area contributed by atoms with Crippen LogP contribution in [0.25, 0.3) is 0 Å². The van der Waals surface area contributed by atoms with Crippen LogP contribution >= 0.6 is 11.6 Å². The maximum Gasteiger partial charge on any atom is 0.335 e. The average Bonchev–Trinajstić information content (AvgIpc) is 2.75. The number of sulfonamides is 1. The summed E-state index contributed by atoms with van der Waals surface area (Å²) >= 11 is 6.41. The van der Waals surface area contributed by atoms with Gasteiger partial charge >= 0.3 is 5.97 Å². The Balaban J connectivity index is 1.83. The van der Waals surface area contributed by atoms with Crippen LogP contribution in [-0.2, 0) is 21.2 Å². The highest BCUT2D eigenvalue weighted by Crippen LogP contribution is 2.45. The lowest BCUT2D eigenvalue weighted by molar-refractivity contribution is -0.131. The molecule has 1 amide bonds. The largest absolute Gasteiger partial charge is 0.478 e. The molecule has 0 fully saturated rings. The van der Waals surface area contributed by atoms with E-state index in [1.165, 1.54) is 26.0 Å². The van der Waals surface area contributed by atoms with Crippen LogP contribution < -0.4 is 14.4 Å². The lowest BCUT2D eigenvalue weighted by atomic mass is 9.98. The number of amides is 1. The zero-order chi connectivity index (χ0) is 26.4. The molecule has 1 aliphatic rings. The number of hydrogen-bond acceptors (Lipinski definition) is 5. The molecule has 36 heavy (non-hydrogen) atoms. The number of hydrogen-bond donors (Lipinski definition) is 2. The van der Waals surface area contributed by atoms with Crippen molar-refractivity contribution in [2.45, 2.75) is 25.9 Å². The van der Waals surface area contributed by atoms with E-state index in [0.717, 1.165) is 17.2 Å². The van der Waals surface area contributed by atoms with Gasteiger partial charge in [0.25, 0.3) is 5.91 Å². The smallest absolute Gasteiger partial charge is 0.335 e. The van der Waals surface area contributed by atoms with Gasteiger partial charge in [0.15, 0.2) is 11.4 Å². The lowest BCUT2D eigenvalue weighted by Crippen LogP contribution is -2.51. The Hall–Kier alpha value is -3.63. The lowest BCUT2D eigenvalue weighted by Gasteiger charge is -2.39. The van der Waals surface area contributed by atoms with Gasteiger partial charge in [-0.1, -0.05) is 29.8 Å². The summed E-state index contributed by atoms with van der Waals surface area (Å²) in [6, 6.07) is 13.4. The summed E-state index contributed by atoms with van der Waals surface area (Å²) in [7, 11) is -3.68. The number of nitrogens with one attached hydrogen (secondary N) is 1. The Morgan fingerprint density at radius 2 is 1.83 bits per heavy atom. The molecule has 188 valence electrons. The monoisotopic (exact) mass is 532 g/mol. The SMILES string of the molecule is CC1(C)Oc2cc(NS(C)(=O)=O)cc(F)c2N(c2ccc(Cl)c(Cc3ccccc3C(=O)O)c2)C1=O. The van der Waals surface area contributed by atoms with Crippen molar-refractivity contribution < 1.29 is 32.2 Å². The van der Waals surface area contributed by atoms with E-state index in [1.54, 1.807) is 36.4 Å². The van der Waals surface area contributed by atoms with E-state index in [1.807, 2.05) is 0 Å². The van der Waals surface area contributed by atoms with Crippen LogP contribution in [0.2, 0.25) is 5.02 Å². The molecule has 0 aromatic heterocycles. The fraction of sp³-hybridized carbons (Fsp3) is 0.200. The van der Waals surface area contributed by atoms with Gasteiger partial charge in [0.05, 0.1) is 17.5 Å². The molecule has 0 spiro atoms. The summed E-state index contributed by atoms with van der Waals surface area (Å²) in [5, 5.41) is 9.85. The van der Waals surface area contributed by atoms with Crippen LogP contribution in [0.5, 0.6) is 5.75 Å². The highest BCUT2D eigenvalue weighted by molar-refractivity contribution is 7.92. The summed E-state index contributed by atoms with van der Waals surface area (Å²) in [4.78, 5) is 26.2. The van der Waals surface area contributed by atoms with Gasteiger partial charge in [0.1, 0.15) is 11.4 Å². The topological polar surface area (TPSA) is 113 Å². The van der Waals surface area contributed by atoms with Gasteiger partial charge in [0, 0.05) is 22.8 Å². The number of halogens is 2. The normalized spacial score (nSPS) is 14.7. The van der Waals surface area contributed by atoms with Crippen LogP contribution in [0.1, 0.15) is 35.3 Å². The van der Waals surface area contributed by atoms with Gasteiger partial charge in [0.2, 0.25) is 10.0 Å². The van der Waals surface area contributed by atoms with Crippen molar-refractivity contribution in [1.82, 2.24) is 0 Å². The molecule has 0 unspecified atom stereocenters. The standard InChI is InChI=1S/C25H22ClFN2O6S/c1-25(2)24(32)29(22-20(27)12-16(13-21(22)35-25)28-36(3,33)34)17-8-9-19(26)15(11-17)10-14-6-4-5-7-18(14)23(30)31/h4-9,11-13,28H,10H2,1-3H3,(H,30,31). The molecule has 0 saturated heterocycles. The molecule has 3 aromatic carbocycles. The van der Waals surface area contributed by atoms with E-state index in [0.29, 0.717) is 16.1 Å². The van der Waals surface area contributed by atoms with Crippen molar-refractivity contribution in [3.05, 3.63) is 82.1 Å². The minimum Gasteiger partial charge on any atom is -0.478 e. The fourth-order valence-electron chi connectivity index (χ4n) is 4.00. The van der Waals surface area contributed by atoms with Crippen molar-refractivity contribution in [1.29, 1.82) is 0 Å². The first-order chi connectivity index (χ1) is 16.8. The van der Waals surface area contributed by atoms with Gasteiger partial charge < -0.3 is 9.84 Å². The molecule has 4 rings (SSSR count). The number of fused-ring (bicyclic) bond motifs is 1. The number of aromatic carboxylic acids is 1. The first-order valence-electron chi connectivity index (χ1n) is 10.7. The van der Waals surface area contributed by atoms with E-state index in [-0.39, 0.29) is 34.8 Å². The van der Waals surface area contributed by atoms with Crippen LogP contribution in [0, 0.1) is 5.82 Å². The van der Waals surface area contributed by atoms with Crippen LogP contribution in [0.4, 0.5) is 21.5 Å². The van der Waals surface area contributed by atoms with Crippen molar-refractivity contribution in [2.24, 2.45) is 0 Å². The number of carboxylic acid groups (broad SMARTS) is 1. The highest BCUT2D eigenvalue weighted by atomic mass is 35.5. The number of benzene rings is 3. The quantitative estimate of drug-likeness (QED) is 0.463. The third-order valence-corrected chi connectivity index (χ3v) is 6.53. The van der Waals surface area contributed by atoms with Gasteiger partial charge in [-0.15, -0.1) is 0 Å². The molecular formula is C25H22ClFN2O6S. The van der Waals surface area contributed by atoms with E-state index in [4.69, 9.17) is 16.3 Å². The molecule has 0 atom stereocenters. The van der Waals surface area contributed by atoms with Gasteiger partial charge in [-0.05, 0) is 55.7 Å². The Kier molecular flexibility index (Phi) is 6.44.